The van der Waals surface area contributed by atoms with Gasteiger partial charge in [0.15, 0.2) is 11.6 Å². The van der Waals surface area contributed by atoms with Gasteiger partial charge < -0.3 is 82.1 Å². The second kappa shape index (κ2) is 50.0. The molecule has 1 aliphatic rings. The van der Waals surface area contributed by atoms with Gasteiger partial charge in [-0.2, -0.15) is 0 Å². The number of thioether (sulfide) groups is 1. The van der Waals surface area contributed by atoms with E-state index in [1.165, 1.54) is 93.6 Å². The number of aromatic hydroxyl groups is 2. The molecule has 130 heavy (non-hydrogen) atoms. The van der Waals surface area contributed by atoms with Gasteiger partial charge in [0.25, 0.3) is 6.47 Å². The van der Waals surface area contributed by atoms with Crippen LogP contribution in [-0.4, -0.2) is 255 Å². The van der Waals surface area contributed by atoms with Crippen LogP contribution in [-0.2, 0) is 120 Å². The standard InChI is InChI=1S/C97H123N13O19S/c1-12-13-32-81-96(127)106(7)53-71(114)48-68(55-129-58-111)85(116)51-73(60(4)5)93(124)109(10)82(46-62-25-16-14-17-26-62)92(123)104-78(45-65-35-39-70(113)40-36-65)94(125)107(8)54-87(118)100-77(50-67-52-99-74-31-23-22-30-72(67)74)91(122)103-76(44-64-33-37-69(112)38-34-64)90(121)102-75(43-59(2)3)89(120)105-80(84(115)41-42-86(98)117)56-130-57-88(119)101-79(49-66-29-21-20-24-61(66)6)95(126)110(11)83(97(128)108(81)9)47-63-27-18-15-19-28-63/h14-31,33-40,52,58-60,68,73,75-83,99,112-113H,12-13,32,41-51,53-57H2,1-11H3,(H2,98,117)(H,100,118)(H,101,119)(H,102,121)(H,103,122)(H,104,123)(H,105,120)/t68-,73-,75-,76-,77-,78-,79-,80-,81-,82-,83-/m0/s1. The third-order valence-corrected chi connectivity index (χ3v) is 24.4. The summed E-state index contributed by atoms with van der Waals surface area (Å²) in [5.74, 6) is -16.3. The van der Waals surface area contributed by atoms with Crippen LogP contribution in [0.2, 0.25) is 0 Å². The summed E-state index contributed by atoms with van der Waals surface area (Å²) in [6, 6.07) is 30.2. The number of likely N-dealkylation sites (N-methyl/N-ethyl adjacent to an activating group) is 5. The number of nitrogens with two attached hydrogens (primary N) is 1. The van der Waals surface area contributed by atoms with E-state index in [4.69, 9.17) is 10.5 Å². The highest BCUT2D eigenvalue weighted by Gasteiger charge is 2.42. The van der Waals surface area contributed by atoms with E-state index >= 15 is 43.2 Å². The number of primary amides is 1. The topological polar surface area (TPSA) is 453 Å². The minimum Gasteiger partial charge on any atom is -0.508 e. The molecule has 33 heteroatoms. The molecule has 0 radical (unpaired) electrons. The molecule has 696 valence electrons. The van der Waals surface area contributed by atoms with Crippen LogP contribution in [0, 0.1) is 30.6 Å². The third-order valence-electron chi connectivity index (χ3n) is 23.3. The van der Waals surface area contributed by atoms with Crippen LogP contribution in [0.4, 0.5) is 0 Å². The molecule has 1 saturated heterocycles. The van der Waals surface area contributed by atoms with E-state index in [9.17, 15) is 43.8 Å². The molecule has 2 heterocycles. The first-order valence-corrected chi connectivity index (χ1v) is 44.9. The van der Waals surface area contributed by atoms with Gasteiger partial charge in [0, 0.05) is 128 Å². The number of hydrogen-bond acceptors (Lipinski definition) is 20. The SMILES string of the molecule is CCCC[C@H]1C(=O)N(C)CC(=O)C[C@@H](COC=O)C(=O)C[C@@H](C(C)C)C(=O)N(C)[C@@H](Cc2ccccc2)C(=O)N[C@@H](Cc2ccc(O)cc2)C(=O)N(C)CC(=O)N[C@@H](Cc2c[nH]c3ccccc23)C(=O)N[C@@H](Cc2ccc(O)cc2)C(=O)N[C@@H](CC(C)C)C(=O)N[C@H](C(=O)CCC(N)=O)CSCC(=O)N[C@@H](Cc2ccccc2C)C(=O)N(C)[C@@H](Cc2ccccc2)C(=O)N1C. The number of aromatic nitrogens is 1. The Morgan fingerprint density at radius 1 is 0.508 bits per heavy atom. The van der Waals surface area contributed by atoms with Gasteiger partial charge in [-0.3, -0.25) is 76.7 Å². The van der Waals surface area contributed by atoms with Gasteiger partial charge in [-0.25, -0.2) is 0 Å². The Morgan fingerprint density at radius 2 is 1.02 bits per heavy atom. The molecule has 6 aromatic carbocycles. The average molecular weight is 1810 g/mol. The number of rotatable bonds is 25. The lowest BCUT2D eigenvalue weighted by molar-refractivity contribution is -0.151. The molecule has 8 rings (SSSR count). The summed E-state index contributed by atoms with van der Waals surface area (Å²) in [5, 5.41) is 38.3. The molecule has 0 bridgehead atoms. The minimum absolute atomic E-state index is 0.0638. The van der Waals surface area contributed by atoms with Crippen molar-refractivity contribution < 1.29 is 91.7 Å². The van der Waals surface area contributed by atoms with Gasteiger partial charge >= 0.3 is 0 Å². The lowest BCUT2D eigenvalue weighted by atomic mass is 9.84. The van der Waals surface area contributed by atoms with Crippen molar-refractivity contribution in [3.63, 3.8) is 0 Å². The maximum atomic E-state index is 15.6. The van der Waals surface area contributed by atoms with Gasteiger partial charge in [0.05, 0.1) is 30.8 Å². The molecule has 32 nitrogen and oxygen atoms in total. The summed E-state index contributed by atoms with van der Waals surface area (Å²) < 4.78 is 5.16. The molecule has 1 aromatic heterocycles. The second-order valence-electron chi connectivity index (χ2n) is 34.2. The smallest absolute Gasteiger partial charge is 0.293 e. The molecular weight excluding hydrogens is 1680 g/mol. The molecule has 7 aromatic rings. The van der Waals surface area contributed by atoms with Crippen molar-refractivity contribution >= 4 is 117 Å². The van der Waals surface area contributed by atoms with Crippen molar-refractivity contribution in [3.05, 3.63) is 203 Å². The van der Waals surface area contributed by atoms with E-state index in [1.54, 1.807) is 137 Å². The lowest BCUT2D eigenvalue weighted by Crippen LogP contribution is -2.59. The van der Waals surface area contributed by atoms with Crippen LogP contribution in [0.1, 0.15) is 125 Å². The zero-order valence-electron chi connectivity index (χ0n) is 75.7. The molecule has 11 atom stereocenters. The highest BCUT2D eigenvalue weighted by molar-refractivity contribution is 8.00. The van der Waals surface area contributed by atoms with E-state index in [0.29, 0.717) is 57.1 Å². The number of Topliss-reactive ketones (excluding diaryl/α,β-unsaturated/α-hetero) is 3. The van der Waals surface area contributed by atoms with Crippen LogP contribution in [0.25, 0.3) is 10.9 Å². The first kappa shape index (κ1) is 102. The number of ether oxygens (including phenoxy) is 1. The van der Waals surface area contributed by atoms with Gasteiger partial charge in [0.1, 0.15) is 72.2 Å². The zero-order valence-corrected chi connectivity index (χ0v) is 76.5. The number of carbonyl (C=O) groups is 16. The van der Waals surface area contributed by atoms with Crippen LogP contribution in [0.15, 0.2) is 164 Å². The maximum absolute atomic E-state index is 15.6. The van der Waals surface area contributed by atoms with Crippen molar-refractivity contribution in [2.75, 3.05) is 66.4 Å². The summed E-state index contributed by atoms with van der Waals surface area (Å²) in [5.41, 5.74) is 10.2. The van der Waals surface area contributed by atoms with Crippen LogP contribution >= 0.6 is 11.8 Å². The Hall–Kier alpha value is -13.1. The van der Waals surface area contributed by atoms with E-state index in [1.807, 2.05) is 19.9 Å². The number of para-hydroxylation sites is 1. The molecule has 0 aliphatic carbocycles. The summed E-state index contributed by atoms with van der Waals surface area (Å²) in [6.07, 6.45) is -0.506. The molecule has 0 spiro atoms. The number of amides is 12. The van der Waals surface area contributed by atoms with Crippen molar-refractivity contribution in [2.24, 2.45) is 29.4 Å². The van der Waals surface area contributed by atoms with Crippen LogP contribution in [0.5, 0.6) is 11.5 Å². The second-order valence-corrected chi connectivity index (χ2v) is 35.2. The van der Waals surface area contributed by atoms with E-state index in [0.717, 1.165) is 32.0 Å². The van der Waals surface area contributed by atoms with Crippen LogP contribution < -0.4 is 37.6 Å². The lowest BCUT2D eigenvalue weighted by Gasteiger charge is -2.37. The van der Waals surface area contributed by atoms with Gasteiger partial charge in [-0.05, 0) is 101 Å². The third kappa shape index (κ3) is 30.6. The number of fused-ring (bicyclic) bond motifs is 1. The number of H-pyrrole nitrogens is 1. The Bertz CT molecular complexity index is 5090. The number of nitrogens with one attached hydrogen (secondary N) is 7. The fourth-order valence-corrected chi connectivity index (χ4v) is 16.7. The number of ketones is 3. The van der Waals surface area contributed by atoms with Crippen LogP contribution in [0.3, 0.4) is 0 Å². The average Bonchev–Trinajstić information content (AvgIpc) is 1.74. The number of aromatic amines is 1. The summed E-state index contributed by atoms with van der Waals surface area (Å²) in [6.45, 7) is 8.70. The van der Waals surface area contributed by atoms with Gasteiger partial charge in [-0.15, -0.1) is 11.8 Å². The first-order chi connectivity index (χ1) is 61.9. The van der Waals surface area contributed by atoms with Crippen molar-refractivity contribution in [3.8, 4) is 11.5 Å². The predicted octanol–water partition coefficient (Wildman–Crippen LogP) is 5.75. The maximum Gasteiger partial charge on any atom is 0.293 e. The number of phenolic OH excluding ortho intramolecular Hbond substituents is 2. The first-order valence-electron chi connectivity index (χ1n) is 43.8. The molecule has 11 N–H and O–H groups in total. The molecule has 0 saturated carbocycles. The highest BCUT2D eigenvalue weighted by Crippen LogP contribution is 2.28. The fraction of sp³-hybridized carbons (Fsp3) is 0.443. The Balaban J connectivity index is 1.22. The predicted molar refractivity (Wildman–Crippen MR) is 490 cm³/mol. The number of phenols is 2. The number of aryl methyl sites for hydroxylation is 1. The number of unbranched alkanes of at least 4 members (excludes halogenated alkanes) is 1. The van der Waals surface area contributed by atoms with Crippen molar-refractivity contribution in [2.45, 2.75) is 186 Å². The summed E-state index contributed by atoms with van der Waals surface area (Å²) in [7, 11) is 6.83. The van der Waals surface area contributed by atoms with E-state index in [2.05, 4.69) is 36.9 Å². The van der Waals surface area contributed by atoms with E-state index in [-0.39, 0.29) is 81.0 Å². The van der Waals surface area contributed by atoms with Gasteiger partial charge in [0.2, 0.25) is 70.9 Å². The van der Waals surface area contributed by atoms with Crippen molar-refractivity contribution in [1.29, 1.82) is 0 Å². The van der Waals surface area contributed by atoms with Gasteiger partial charge in [-0.1, -0.05) is 175 Å². The number of carbonyl (C=O) groups excluding carboxylic acids is 16. The monoisotopic (exact) mass is 1810 g/mol. The fourth-order valence-electron chi connectivity index (χ4n) is 15.8. The quantitative estimate of drug-likeness (QED) is 0.0305. The molecule has 12 amide bonds. The number of hydrogen-bond donors (Lipinski definition) is 10. The summed E-state index contributed by atoms with van der Waals surface area (Å²) >= 11 is 0.885. The molecule has 1 aliphatic heterocycles. The van der Waals surface area contributed by atoms with E-state index < -0.39 is 211 Å². The minimum atomic E-state index is -1.58. The Labute approximate surface area is 762 Å². The molecule has 0 unspecified atom stereocenters. The molecular formula is C97H123N13O19S. The number of benzene rings is 6. The highest BCUT2D eigenvalue weighted by atomic mass is 32.2. The number of nitrogens with zero attached hydrogens (tertiary/aromatic N) is 5. The largest absolute Gasteiger partial charge is 0.508 e. The zero-order chi connectivity index (χ0) is 95.0. The summed E-state index contributed by atoms with van der Waals surface area (Å²) in [4.78, 5) is 245. The normalized spacial score (nSPS) is 22.0. The van der Waals surface area contributed by atoms with Crippen molar-refractivity contribution in [1.82, 2.24) is 61.4 Å². The molecule has 1 fully saturated rings. The Kier molecular flexibility index (Phi) is 39.4. The Morgan fingerprint density at radius 3 is 1.61 bits per heavy atom.